The van der Waals surface area contributed by atoms with Crippen molar-refractivity contribution in [1.82, 2.24) is 35.4 Å². The molecule has 2 aromatic heterocycles. The largest absolute Gasteiger partial charge is 0.480 e. The Hall–Kier alpha value is -2.86. The number of nitrogens with zero attached hydrogens (tertiary/aromatic N) is 6. The van der Waals surface area contributed by atoms with E-state index >= 15 is 0 Å². The number of thioether (sulfide) groups is 2. The van der Waals surface area contributed by atoms with E-state index in [4.69, 9.17) is 34.0 Å². The molecule has 190 valence electrons. The molecule has 0 saturated carbocycles. The Morgan fingerprint density at radius 3 is 2.67 bits per heavy atom. The number of halogens is 2. The molecule has 0 spiro atoms. The van der Waals surface area contributed by atoms with Gasteiger partial charge >= 0.3 is 11.9 Å². The van der Waals surface area contributed by atoms with Gasteiger partial charge in [0.15, 0.2) is 5.13 Å². The van der Waals surface area contributed by atoms with Crippen LogP contribution in [0.15, 0.2) is 26.3 Å². The zero-order valence-electron chi connectivity index (χ0n) is 17.6. The second kappa shape index (κ2) is 10.6. The highest BCUT2D eigenvalue weighted by Crippen LogP contribution is 2.42. The lowest BCUT2D eigenvalue weighted by molar-refractivity contribution is -0.150. The second-order valence-corrected chi connectivity index (χ2v) is 11.0. The summed E-state index contributed by atoms with van der Waals surface area (Å²) < 4.78 is 0.698. The summed E-state index contributed by atoms with van der Waals surface area (Å²) in [5.41, 5.74) is 5.79. The highest BCUT2D eigenvalue weighted by molar-refractivity contribution is 8.01. The monoisotopic (exact) mass is 592 g/mol. The number of nitrogen functional groups attached to an aromatic ring is 1. The number of hydrogen-bond acceptors (Lipinski definition) is 12. The van der Waals surface area contributed by atoms with Crippen molar-refractivity contribution < 1.29 is 29.4 Å². The number of rotatable bonds is 9. The Balaban J connectivity index is 1.49. The van der Waals surface area contributed by atoms with E-state index in [0.29, 0.717) is 5.57 Å². The standard InChI is InChI=1S/C17H14Cl2N8O6S3/c18-11(19)8(6-4-35-16(20)21-6)12(30)22-9-13(31)27-10(15(32)33)5(2-34-14(9)27)3-36-17-23-24-25-26(17)1-7(28)29/h4,9,14H,1-3H2,(H2,20,21)(H,22,30)(H,28,29)(H,32,33)/t9?,14-/m0/s1. The van der Waals surface area contributed by atoms with Crippen LogP contribution in [0, 0.1) is 0 Å². The van der Waals surface area contributed by atoms with Crippen molar-refractivity contribution in [2.24, 2.45) is 0 Å². The number of amides is 2. The number of hydrogen-bond donors (Lipinski definition) is 4. The summed E-state index contributed by atoms with van der Waals surface area (Å²) in [7, 11) is 0. The molecule has 0 bridgehead atoms. The number of aromatic nitrogens is 5. The molecule has 2 amide bonds. The minimum Gasteiger partial charge on any atom is -0.480 e. The Morgan fingerprint density at radius 1 is 1.31 bits per heavy atom. The summed E-state index contributed by atoms with van der Waals surface area (Å²) in [5, 5.41) is 33.3. The molecule has 4 rings (SSSR count). The fourth-order valence-electron chi connectivity index (χ4n) is 3.39. The molecule has 19 heteroatoms. The fraction of sp³-hybridized carbons (Fsp3) is 0.294. The fourth-order valence-corrected chi connectivity index (χ4v) is 6.67. The Kier molecular flexibility index (Phi) is 7.74. The molecule has 2 aromatic rings. The summed E-state index contributed by atoms with van der Waals surface area (Å²) in [4.78, 5) is 53.8. The number of nitrogens with two attached hydrogens (primary N) is 1. The van der Waals surface area contributed by atoms with E-state index in [1.165, 1.54) is 17.1 Å². The Morgan fingerprint density at radius 2 is 2.06 bits per heavy atom. The van der Waals surface area contributed by atoms with Crippen LogP contribution in [0.3, 0.4) is 0 Å². The molecule has 4 heterocycles. The van der Waals surface area contributed by atoms with Gasteiger partial charge in [-0.25, -0.2) is 14.5 Å². The van der Waals surface area contributed by atoms with E-state index in [9.17, 15) is 24.3 Å². The van der Waals surface area contributed by atoms with Crippen LogP contribution >= 0.6 is 58.1 Å². The first kappa shape index (κ1) is 26.2. The van der Waals surface area contributed by atoms with E-state index in [0.717, 1.165) is 32.7 Å². The maximum Gasteiger partial charge on any atom is 0.352 e. The number of anilines is 1. The number of tetrazole rings is 1. The third-order valence-corrected chi connectivity index (χ3v) is 8.32. The van der Waals surface area contributed by atoms with Crippen LogP contribution in [0.25, 0.3) is 5.57 Å². The van der Waals surface area contributed by atoms with Gasteiger partial charge in [0, 0.05) is 16.9 Å². The number of carboxylic acid groups (broad SMARTS) is 2. The van der Waals surface area contributed by atoms with Crippen molar-refractivity contribution >= 4 is 92.5 Å². The number of fused-ring (bicyclic) bond motifs is 1. The van der Waals surface area contributed by atoms with Gasteiger partial charge < -0.3 is 21.3 Å². The van der Waals surface area contributed by atoms with E-state index < -0.39 is 41.7 Å². The minimum atomic E-state index is -1.32. The van der Waals surface area contributed by atoms with Crippen LogP contribution in [0.1, 0.15) is 5.69 Å². The average Bonchev–Trinajstić information content (AvgIpc) is 3.43. The first-order valence-corrected chi connectivity index (χ1v) is 13.3. The van der Waals surface area contributed by atoms with Crippen molar-refractivity contribution in [3.8, 4) is 0 Å². The molecule has 0 aliphatic carbocycles. The summed E-state index contributed by atoms with van der Waals surface area (Å²) in [6.45, 7) is -0.459. The quantitative estimate of drug-likeness (QED) is 0.177. The van der Waals surface area contributed by atoms with Crippen molar-refractivity contribution in [3.63, 3.8) is 0 Å². The number of β-lactam (4-membered cyclic amide) rings is 1. The van der Waals surface area contributed by atoms with Gasteiger partial charge in [0.2, 0.25) is 5.16 Å². The lowest BCUT2D eigenvalue weighted by atomic mass is 10.0. The van der Waals surface area contributed by atoms with Crippen molar-refractivity contribution in [2.45, 2.75) is 23.1 Å². The molecular formula is C17H14Cl2N8O6S3. The van der Waals surface area contributed by atoms with Gasteiger partial charge in [-0.15, -0.1) is 28.2 Å². The van der Waals surface area contributed by atoms with Crippen molar-refractivity contribution in [1.29, 1.82) is 0 Å². The first-order valence-electron chi connectivity index (χ1n) is 9.66. The number of nitrogens with one attached hydrogen (secondary N) is 1. The van der Waals surface area contributed by atoms with Gasteiger partial charge in [-0.05, 0) is 16.0 Å². The maximum absolute atomic E-state index is 12.9. The molecule has 2 atom stereocenters. The topological polar surface area (TPSA) is 207 Å². The number of carbonyl (C=O) groups excluding carboxylic acids is 2. The Labute approximate surface area is 223 Å². The first-order chi connectivity index (χ1) is 17.1. The zero-order valence-corrected chi connectivity index (χ0v) is 21.6. The highest BCUT2D eigenvalue weighted by atomic mass is 35.5. The lowest BCUT2D eigenvalue weighted by Gasteiger charge is -2.49. The molecule has 0 radical (unpaired) electrons. The van der Waals surface area contributed by atoms with E-state index in [-0.39, 0.29) is 43.2 Å². The maximum atomic E-state index is 12.9. The molecule has 1 unspecified atom stereocenters. The van der Waals surface area contributed by atoms with Crippen molar-refractivity contribution in [3.05, 3.63) is 26.8 Å². The van der Waals surface area contributed by atoms with Crippen LogP contribution in [-0.4, -0.2) is 87.0 Å². The summed E-state index contributed by atoms with van der Waals surface area (Å²) in [5.74, 6) is -3.51. The van der Waals surface area contributed by atoms with Gasteiger partial charge in [-0.2, -0.15) is 0 Å². The van der Waals surface area contributed by atoms with Crippen molar-refractivity contribution in [2.75, 3.05) is 17.2 Å². The van der Waals surface area contributed by atoms with Crippen LogP contribution in [-0.2, 0) is 25.7 Å². The zero-order chi connectivity index (χ0) is 26.1. The number of thiazole rings is 1. The van der Waals surface area contributed by atoms with Gasteiger partial charge in [0.1, 0.15) is 28.1 Å². The van der Waals surface area contributed by atoms with E-state index in [1.54, 1.807) is 0 Å². The molecule has 1 saturated heterocycles. The molecule has 36 heavy (non-hydrogen) atoms. The molecular weight excluding hydrogens is 579 g/mol. The summed E-state index contributed by atoms with van der Waals surface area (Å²) in [6.07, 6.45) is 0. The smallest absolute Gasteiger partial charge is 0.352 e. The minimum absolute atomic E-state index is 0.0993. The SMILES string of the molecule is Nc1nc(C(C(=O)NC2C(=O)N3C(C(=O)O)=C(CSc4nnnn4CC(=O)O)CS[C@@H]23)=C(Cl)Cl)cs1. The average molecular weight is 593 g/mol. The van der Waals surface area contributed by atoms with E-state index in [1.807, 2.05) is 0 Å². The third kappa shape index (κ3) is 5.15. The molecule has 2 aliphatic heterocycles. The number of aliphatic carboxylic acids is 2. The molecule has 2 aliphatic rings. The predicted octanol–water partition coefficient (Wildman–Crippen LogP) is 0.473. The van der Waals surface area contributed by atoms with Gasteiger partial charge in [0.25, 0.3) is 11.8 Å². The lowest BCUT2D eigenvalue weighted by Crippen LogP contribution is -2.70. The molecule has 5 N–H and O–H groups in total. The van der Waals surface area contributed by atoms with Gasteiger partial charge in [0.05, 0.1) is 11.3 Å². The van der Waals surface area contributed by atoms with Gasteiger partial charge in [-0.1, -0.05) is 35.0 Å². The van der Waals surface area contributed by atoms with Crippen LogP contribution in [0.2, 0.25) is 0 Å². The predicted molar refractivity (Wildman–Crippen MR) is 131 cm³/mol. The van der Waals surface area contributed by atoms with Gasteiger partial charge in [-0.3, -0.25) is 19.3 Å². The summed E-state index contributed by atoms with van der Waals surface area (Å²) >= 11 is 15.1. The molecule has 14 nitrogen and oxygen atoms in total. The summed E-state index contributed by atoms with van der Waals surface area (Å²) in [6, 6.07) is -1.02. The third-order valence-electron chi connectivity index (χ3n) is 4.89. The Bertz CT molecular complexity index is 1320. The van der Waals surface area contributed by atoms with E-state index in [2.05, 4.69) is 25.8 Å². The highest BCUT2D eigenvalue weighted by Gasteiger charge is 2.54. The molecule has 1 fully saturated rings. The van der Waals surface area contributed by atoms with Crippen LogP contribution in [0.4, 0.5) is 5.13 Å². The number of carbonyl (C=O) groups is 4. The number of carboxylic acids is 2. The normalized spacial score (nSPS) is 18.9. The van der Waals surface area contributed by atoms with Crippen LogP contribution < -0.4 is 11.1 Å². The molecule has 0 aromatic carbocycles. The second-order valence-electron chi connectivity index (χ2n) is 7.13. The van der Waals surface area contributed by atoms with Crippen LogP contribution in [0.5, 0.6) is 0 Å².